The van der Waals surface area contributed by atoms with E-state index in [9.17, 15) is 18.5 Å². The van der Waals surface area contributed by atoms with Gasteiger partial charge < -0.3 is 5.43 Å². The number of nitro benzene ring substituents is 1. The second-order valence-corrected chi connectivity index (χ2v) is 6.53. The van der Waals surface area contributed by atoms with Crippen molar-refractivity contribution in [3.05, 3.63) is 50.7 Å². The monoisotopic (exact) mass is 328 g/mol. The molecular formula is C11H12N4O4S2. The molecule has 2 rings (SSSR count). The Balaban J connectivity index is 2.37. The molecule has 0 bridgehead atoms. The van der Waals surface area contributed by atoms with E-state index < -0.39 is 25.5 Å². The Morgan fingerprint density at radius 1 is 1.33 bits per heavy atom. The summed E-state index contributed by atoms with van der Waals surface area (Å²) in [5, 5.41) is 14.7. The van der Waals surface area contributed by atoms with E-state index in [-0.39, 0.29) is 12.2 Å². The van der Waals surface area contributed by atoms with Crippen LogP contribution in [0.4, 0.5) is 11.4 Å². The Hall–Kier alpha value is -2.01. The van der Waals surface area contributed by atoms with E-state index in [1.54, 1.807) is 11.4 Å². The third-order valence-electron chi connectivity index (χ3n) is 2.67. The number of rotatable bonds is 6. The first-order chi connectivity index (χ1) is 9.95. The maximum absolute atomic E-state index is 12.2. The first-order valence-electron chi connectivity index (χ1n) is 5.70. The summed E-state index contributed by atoms with van der Waals surface area (Å²) in [5.74, 6) is 5.18. The Bertz CT molecular complexity index is 744. The van der Waals surface area contributed by atoms with Crippen LogP contribution in [0, 0.1) is 10.1 Å². The fourth-order valence-electron chi connectivity index (χ4n) is 1.69. The summed E-state index contributed by atoms with van der Waals surface area (Å²) in [7, 11) is -4.03. The van der Waals surface area contributed by atoms with Crippen molar-refractivity contribution < 1.29 is 13.3 Å². The summed E-state index contributed by atoms with van der Waals surface area (Å²) in [5.41, 5.74) is 2.25. The lowest BCUT2D eigenvalue weighted by atomic mass is 10.3. The lowest BCUT2D eigenvalue weighted by Gasteiger charge is -2.09. The van der Waals surface area contributed by atoms with Crippen molar-refractivity contribution in [2.75, 3.05) is 5.43 Å². The maximum Gasteiger partial charge on any atom is 0.313 e. The predicted molar refractivity (Wildman–Crippen MR) is 79.3 cm³/mol. The molecule has 0 saturated heterocycles. The van der Waals surface area contributed by atoms with Crippen molar-refractivity contribution in [2.45, 2.75) is 11.4 Å². The smallest absolute Gasteiger partial charge is 0.313 e. The Kier molecular flexibility index (Phi) is 4.53. The van der Waals surface area contributed by atoms with Crippen molar-refractivity contribution in [1.29, 1.82) is 0 Å². The summed E-state index contributed by atoms with van der Waals surface area (Å²) >= 11 is 1.43. The normalized spacial score (nSPS) is 11.3. The third-order valence-corrected chi connectivity index (χ3v) is 4.84. The van der Waals surface area contributed by atoms with Crippen LogP contribution in [0.3, 0.4) is 0 Å². The number of nitrogens with one attached hydrogen (secondary N) is 2. The van der Waals surface area contributed by atoms with Crippen molar-refractivity contribution in [3.8, 4) is 0 Å². The summed E-state index contributed by atoms with van der Waals surface area (Å²) < 4.78 is 26.8. The molecule has 0 radical (unpaired) electrons. The summed E-state index contributed by atoms with van der Waals surface area (Å²) in [6.07, 6.45) is 0. The van der Waals surface area contributed by atoms with Crippen LogP contribution in [0.5, 0.6) is 0 Å². The van der Waals surface area contributed by atoms with Gasteiger partial charge >= 0.3 is 5.69 Å². The number of nitrogens with two attached hydrogens (primary N) is 1. The lowest BCUT2D eigenvalue weighted by molar-refractivity contribution is -0.386. The van der Waals surface area contributed by atoms with Crippen molar-refractivity contribution >= 4 is 32.7 Å². The fourth-order valence-corrected chi connectivity index (χ4v) is 3.57. The molecule has 4 N–H and O–H groups in total. The Morgan fingerprint density at radius 3 is 2.67 bits per heavy atom. The number of nitro groups is 1. The highest BCUT2D eigenvalue weighted by molar-refractivity contribution is 7.89. The number of sulfonamides is 1. The minimum atomic E-state index is -4.03. The Morgan fingerprint density at radius 2 is 2.10 bits per heavy atom. The number of thiophene rings is 1. The highest BCUT2D eigenvalue weighted by atomic mass is 32.2. The maximum atomic E-state index is 12.2. The zero-order valence-corrected chi connectivity index (χ0v) is 12.3. The second kappa shape index (κ2) is 6.18. The van der Waals surface area contributed by atoms with Crippen LogP contribution in [-0.4, -0.2) is 13.3 Å². The van der Waals surface area contributed by atoms with Crippen LogP contribution in [-0.2, 0) is 16.6 Å². The standard InChI is InChI=1S/C11H12N4O4S2/c12-14-9-2-1-3-10(11(9)15(16)17)21(18,19)13-6-8-4-5-20-7-8/h1-5,7,13-14H,6,12H2. The molecule has 8 nitrogen and oxygen atoms in total. The number of hydrogen-bond donors (Lipinski definition) is 3. The minimum Gasteiger partial charge on any atom is -0.318 e. The van der Waals surface area contributed by atoms with E-state index in [0.29, 0.717) is 0 Å². The number of nitrogens with zero attached hydrogens (tertiary/aromatic N) is 1. The van der Waals surface area contributed by atoms with Crippen molar-refractivity contribution in [1.82, 2.24) is 4.72 Å². The molecule has 0 aliphatic carbocycles. The van der Waals surface area contributed by atoms with Gasteiger partial charge in [-0.1, -0.05) is 6.07 Å². The molecule has 1 aromatic heterocycles. The van der Waals surface area contributed by atoms with Gasteiger partial charge in [0.25, 0.3) is 0 Å². The van der Waals surface area contributed by atoms with E-state index in [4.69, 9.17) is 5.84 Å². The highest BCUT2D eigenvalue weighted by Crippen LogP contribution is 2.31. The third kappa shape index (κ3) is 3.36. The van der Waals surface area contributed by atoms with Gasteiger partial charge in [-0.25, -0.2) is 13.1 Å². The first kappa shape index (κ1) is 15.4. The van der Waals surface area contributed by atoms with E-state index in [2.05, 4.69) is 10.1 Å². The zero-order chi connectivity index (χ0) is 15.5. The highest BCUT2D eigenvalue weighted by Gasteiger charge is 2.28. The van der Waals surface area contributed by atoms with E-state index in [0.717, 1.165) is 11.6 Å². The van der Waals surface area contributed by atoms with Gasteiger partial charge in [-0.2, -0.15) is 11.3 Å². The van der Waals surface area contributed by atoms with Crippen LogP contribution in [0.1, 0.15) is 5.56 Å². The average Bonchev–Trinajstić information content (AvgIpc) is 2.97. The van der Waals surface area contributed by atoms with Gasteiger partial charge in [-0.15, -0.1) is 0 Å². The average molecular weight is 328 g/mol. The number of anilines is 1. The molecule has 0 aliphatic rings. The number of para-hydroxylation sites is 1. The predicted octanol–water partition coefficient (Wildman–Crippen LogP) is 1.42. The van der Waals surface area contributed by atoms with E-state index in [1.807, 2.05) is 5.38 Å². The summed E-state index contributed by atoms with van der Waals surface area (Å²) in [6, 6.07) is 5.63. The van der Waals surface area contributed by atoms with Crippen LogP contribution in [0.15, 0.2) is 39.9 Å². The van der Waals surface area contributed by atoms with Crippen LogP contribution in [0.2, 0.25) is 0 Å². The summed E-state index contributed by atoms with van der Waals surface area (Å²) in [6.45, 7) is 0.0588. The van der Waals surface area contributed by atoms with Gasteiger partial charge in [0.1, 0.15) is 5.69 Å². The topological polar surface area (TPSA) is 127 Å². The molecule has 10 heteroatoms. The lowest BCUT2D eigenvalue weighted by Crippen LogP contribution is -2.24. The zero-order valence-electron chi connectivity index (χ0n) is 10.6. The van der Waals surface area contributed by atoms with Crippen LogP contribution < -0.4 is 16.0 Å². The van der Waals surface area contributed by atoms with E-state index in [1.165, 1.54) is 23.5 Å². The quantitative estimate of drug-likeness (QED) is 0.418. The molecule has 0 aliphatic heterocycles. The van der Waals surface area contributed by atoms with Crippen molar-refractivity contribution in [3.63, 3.8) is 0 Å². The number of nitrogen functional groups attached to an aromatic ring is 1. The van der Waals surface area contributed by atoms with Gasteiger partial charge in [0.05, 0.1) is 4.92 Å². The molecule has 112 valence electrons. The molecule has 0 atom stereocenters. The van der Waals surface area contributed by atoms with Gasteiger partial charge in [0, 0.05) is 6.54 Å². The molecule has 21 heavy (non-hydrogen) atoms. The molecule has 0 saturated carbocycles. The summed E-state index contributed by atoms with van der Waals surface area (Å²) in [4.78, 5) is 9.88. The van der Waals surface area contributed by atoms with Gasteiger partial charge in [0.2, 0.25) is 10.0 Å². The van der Waals surface area contributed by atoms with Crippen molar-refractivity contribution in [2.24, 2.45) is 5.84 Å². The molecule has 0 fully saturated rings. The number of hydrogen-bond acceptors (Lipinski definition) is 7. The molecule has 0 amide bonds. The van der Waals surface area contributed by atoms with Crippen LogP contribution >= 0.6 is 11.3 Å². The van der Waals surface area contributed by atoms with E-state index >= 15 is 0 Å². The van der Waals surface area contributed by atoms with Crippen LogP contribution in [0.25, 0.3) is 0 Å². The number of hydrazine groups is 1. The molecule has 1 aromatic carbocycles. The molecule has 0 unspecified atom stereocenters. The molecular weight excluding hydrogens is 316 g/mol. The molecule has 0 spiro atoms. The Labute approximate surface area is 124 Å². The van der Waals surface area contributed by atoms with Gasteiger partial charge in [0.15, 0.2) is 4.90 Å². The van der Waals surface area contributed by atoms with Gasteiger partial charge in [-0.05, 0) is 34.5 Å². The van der Waals surface area contributed by atoms with Gasteiger partial charge in [-0.3, -0.25) is 16.0 Å². The molecule has 1 heterocycles. The number of benzene rings is 1. The SMILES string of the molecule is NNc1cccc(S(=O)(=O)NCc2ccsc2)c1[N+](=O)[O-]. The second-order valence-electron chi connectivity index (χ2n) is 4.01. The first-order valence-corrected chi connectivity index (χ1v) is 8.13. The minimum absolute atomic E-state index is 0.0588. The largest absolute Gasteiger partial charge is 0.318 e. The fraction of sp³-hybridized carbons (Fsp3) is 0.0909. The molecule has 2 aromatic rings.